The first-order chi connectivity index (χ1) is 8.13. The largest absolute Gasteiger partial charge is 0.397 e. The first kappa shape index (κ1) is 13.4. The van der Waals surface area contributed by atoms with Gasteiger partial charge in [0, 0.05) is 25.7 Å². The fourth-order valence-corrected chi connectivity index (χ4v) is 1.82. The second-order valence-electron chi connectivity index (χ2n) is 3.93. The van der Waals surface area contributed by atoms with E-state index < -0.39 is 0 Å². The molecule has 0 spiro atoms. The van der Waals surface area contributed by atoms with Gasteiger partial charge in [-0.1, -0.05) is 6.92 Å². The van der Waals surface area contributed by atoms with Crippen LogP contribution in [0.1, 0.15) is 30.6 Å². The Balaban J connectivity index is 3.08. The minimum Gasteiger partial charge on any atom is -0.397 e. The number of benzene rings is 1. The number of rotatable bonds is 5. The van der Waals surface area contributed by atoms with Crippen molar-refractivity contribution >= 4 is 17.3 Å². The predicted octanol–water partition coefficient (Wildman–Crippen LogP) is 1.86. The van der Waals surface area contributed by atoms with Gasteiger partial charge in [-0.15, -0.1) is 0 Å². The van der Waals surface area contributed by atoms with Crippen molar-refractivity contribution in [1.82, 2.24) is 5.32 Å². The van der Waals surface area contributed by atoms with Crippen LogP contribution in [-0.4, -0.2) is 26.0 Å². The van der Waals surface area contributed by atoms with Crippen LogP contribution in [0.5, 0.6) is 0 Å². The summed E-state index contributed by atoms with van der Waals surface area (Å²) < 4.78 is 0. The monoisotopic (exact) mass is 235 g/mol. The lowest BCUT2D eigenvalue weighted by Crippen LogP contribution is -2.25. The number of hydrogen-bond donors (Lipinski definition) is 2. The van der Waals surface area contributed by atoms with Crippen molar-refractivity contribution in [2.45, 2.75) is 20.3 Å². The van der Waals surface area contributed by atoms with E-state index in [1.165, 1.54) is 0 Å². The molecule has 94 valence electrons. The smallest absolute Gasteiger partial charge is 0.251 e. The molecule has 0 aliphatic heterocycles. The van der Waals surface area contributed by atoms with Crippen molar-refractivity contribution in [3.63, 3.8) is 0 Å². The van der Waals surface area contributed by atoms with Gasteiger partial charge in [-0.05, 0) is 31.5 Å². The summed E-state index contributed by atoms with van der Waals surface area (Å²) in [7, 11) is 1.63. The van der Waals surface area contributed by atoms with Crippen LogP contribution in [0.4, 0.5) is 11.4 Å². The Morgan fingerprint density at radius 3 is 2.65 bits per heavy atom. The lowest BCUT2D eigenvalue weighted by atomic mass is 10.1. The molecule has 1 aromatic carbocycles. The van der Waals surface area contributed by atoms with Gasteiger partial charge < -0.3 is 16.0 Å². The minimum atomic E-state index is -0.0844. The third-order valence-corrected chi connectivity index (χ3v) is 2.74. The van der Waals surface area contributed by atoms with E-state index in [1.807, 2.05) is 6.07 Å². The molecule has 0 heterocycles. The van der Waals surface area contributed by atoms with Crippen LogP contribution in [0.15, 0.2) is 18.2 Å². The molecule has 0 saturated heterocycles. The molecule has 0 atom stereocenters. The van der Waals surface area contributed by atoms with Crippen molar-refractivity contribution in [2.75, 3.05) is 30.8 Å². The Hall–Kier alpha value is -1.71. The molecule has 0 aliphatic rings. The van der Waals surface area contributed by atoms with Crippen LogP contribution >= 0.6 is 0 Å². The van der Waals surface area contributed by atoms with E-state index in [-0.39, 0.29) is 5.91 Å². The quantitative estimate of drug-likeness (QED) is 0.766. The van der Waals surface area contributed by atoms with Gasteiger partial charge in [-0.2, -0.15) is 0 Å². The molecular weight excluding hydrogens is 214 g/mol. The Morgan fingerprint density at radius 2 is 2.12 bits per heavy atom. The molecule has 0 aromatic heterocycles. The second-order valence-corrected chi connectivity index (χ2v) is 3.93. The van der Waals surface area contributed by atoms with Gasteiger partial charge in [0.05, 0.1) is 11.4 Å². The number of nitrogens with one attached hydrogen (secondary N) is 1. The molecule has 0 saturated carbocycles. The minimum absolute atomic E-state index is 0.0844. The van der Waals surface area contributed by atoms with E-state index in [1.54, 1.807) is 19.2 Å². The summed E-state index contributed by atoms with van der Waals surface area (Å²) in [5, 5.41) is 2.62. The Kier molecular flexibility index (Phi) is 4.82. The second kappa shape index (κ2) is 6.13. The number of carbonyl (C=O) groups is 1. The zero-order valence-corrected chi connectivity index (χ0v) is 10.8. The van der Waals surface area contributed by atoms with Crippen molar-refractivity contribution in [2.24, 2.45) is 0 Å². The number of anilines is 2. The number of nitrogens with two attached hydrogens (primary N) is 1. The maximum atomic E-state index is 11.6. The van der Waals surface area contributed by atoms with Crippen molar-refractivity contribution in [1.29, 1.82) is 0 Å². The van der Waals surface area contributed by atoms with E-state index in [2.05, 4.69) is 24.1 Å². The number of hydrogen-bond acceptors (Lipinski definition) is 3. The Bertz CT molecular complexity index is 390. The van der Waals surface area contributed by atoms with Gasteiger partial charge in [0.1, 0.15) is 0 Å². The first-order valence-electron chi connectivity index (χ1n) is 6.00. The molecule has 0 radical (unpaired) electrons. The highest BCUT2D eigenvalue weighted by Gasteiger charge is 2.11. The van der Waals surface area contributed by atoms with Crippen LogP contribution in [0.3, 0.4) is 0 Å². The maximum Gasteiger partial charge on any atom is 0.251 e. The van der Waals surface area contributed by atoms with E-state index in [4.69, 9.17) is 5.73 Å². The molecule has 0 unspecified atom stereocenters. The standard InChI is InChI=1S/C13H21N3O/c1-4-8-16(5-2)12-9-10(13(17)15-3)6-7-11(12)14/h6-7,9H,4-5,8,14H2,1-3H3,(H,15,17). The van der Waals surface area contributed by atoms with Crippen LogP contribution in [0.25, 0.3) is 0 Å². The molecule has 0 bridgehead atoms. The summed E-state index contributed by atoms with van der Waals surface area (Å²) in [5.41, 5.74) is 8.27. The molecule has 1 amide bonds. The highest BCUT2D eigenvalue weighted by molar-refractivity contribution is 5.96. The lowest BCUT2D eigenvalue weighted by Gasteiger charge is -2.24. The summed E-state index contributed by atoms with van der Waals surface area (Å²) in [6.45, 7) is 6.04. The van der Waals surface area contributed by atoms with Gasteiger partial charge in [0.2, 0.25) is 0 Å². The fraction of sp³-hybridized carbons (Fsp3) is 0.462. The molecule has 4 nitrogen and oxygen atoms in total. The van der Waals surface area contributed by atoms with Crippen LogP contribution in [0, 0.1) is 0 Å². The SMILES string of the molecule is CCCN(CC)c1cc(C(=O)NC)ccc1N. The number of nitrogen functional groups attached to an aromatic ring is 1. The van der Waals surface area contributed by atoms with E-state index in [0.717, 1.165) is 25.2 Å². The summed E-state index contributed by atoms with van der Waals surface area (Å²) in [5.74, 6) is -0.0844. The van der Waals surface area contributed by atoms with Crippen LogP contribution in [0.2, 0.25) is 0 Å². The Labute approximate surface area is 103 Å². The van der Waals surface area contributed by atoms with Gasteiger partial charge in [0.25, 0.3) is 5.91 Å². The molecule has 1 rings (SSSR count). The third kappa shape index (κ3) is 3.12. The van der Waals surface area contributed by atoms with Crippen molar-refractivity contribution < 1.29 is 4.79 Å². The Morgan fingerprint density at radius 1 is 1.41 bits per heavy atom. The average Bonchev–Trinajstić information content (AvgIpc) is 2.36. The summed E-state index contributed by atoms with van der Waals surface area (Å²) in [6.07, 6.45) is 1.05. The lowest BCUT2D eigenvalue weighted by molar-refractivity contribution is 0.0963. The maximum absolute atomic E-state index is 11.6. The van der Waals surface area contributed by atoms with E-state index >= 15 is 0 Å². The number of amides is 1. The first-order valence-corrected chi connectivity index (χ1v) is 6.00. The highest BCUT2D eigenvalue weighted by Crippen LogP contribution is 2.24. The molecular formula is C13H21N3O. The molecule has 3 N–H and O–H groups in total. The fourth-order valence-electron chi connectivity index (χ4n) is 1.82. The normalized spacial score (nSPS) is 10.1. The number of carbonyl (C=O) groups excluding carboxylic acids is 1. The van der Waals surface area contributed by atoms with Gasteiger partial charge in [-0.3, -0.25) is 4.79 Å². The van der Waals surface area contributed by atoms with Gasteiger partial charge in [0.15, 0.2) is 0 Å². The number of nitrogens with zero attached hydrogens (tertiary/aromatic N) is 1. The summed E-state index contributed by atoms with van der Waals surface area (Å²) in [6, 6.07) is 5.39. The molecule has 4 heteroatoms. The van der Waals surface area contributed by atoms with Gasteiger partial charge in [-0.25, -0.2) is 0 Å². The summed E-state index contributed by atoms with van der Waals surface area (Å²) >= 11 is 0. The van der Waals surface area contributed by atoms with Crippen molar-refractivity contribution in [3.05, 3.63) is 23.8 Å². The zero-order chi connectivity index (χ0) is 12.8. The average molecular weight is 235 g/mol. The summed E-state index contributed by atoms with van der Waals surface area (Å²) in [4.78, 5) is 13.8. The molecule has 0 aliphatic carbocycles. The van der Waals surface area contributed by atoms with Crippen LogP contribution < -0.4 is 16.0 Å². The topological polar surface area (TPSA) is 58.4 Å². The van der Waals surface area contributed by atoms with Gasteiger partial charge >= 0.3 is 0 Å². The van der Waals surface area contributed by atoms with E-state index in [0.29, 0.717) is 11.3 Å². The highest BCUT2D eigenvalue weighted by atomic mass is 16.1. The third-order valence-electron chi connectivity index (χ3n) is 2.74. The predicted molar refractivity (Wildman–Crippen MR) is 72.4 cm³/mol. The van der Waals surface area contributed by atoms with E-state index in [9.17, 15) is 4.79 Å². The van der Waals surface area contributed by atoms with Crippen LogP contribution in [-0.2, 0) is 0 Å². The molecule has 17 heavy (non-hydrogen) atoms. The molecule has 0 fully saturated rings. The van der Waals surface area contributed by atoms with Crippen molar-refractivity contribution in [3.8, 4) is 0 Å². The molecule has 1 aromatic rings. The zero-order valence-electron chi connectivity index (χ0n) is 10.8.